The second kappa shape index (κ2) is 7.28. The van der Waals surface area contributed by atoms with Crippen LogP contribution in [-0.4, -0.2) is 23.9 Å². The molecule has 0 N–H and O–H groups in total. The number of carbonyl (C=O) groups is 1. The number of hydrogen-bond donors (Lipinski definition) is 0. The van der Waals surface area contributed by atoms with E-state index in [1.165, 1.54) is 0 Å². The molecule has 0 radical (unpaired) electrons. The lowest BCUT2D eigenvalue weighted by atomic mass is 10.0. The maximum Gasteiger partial charge on any atom is 0.253 e. The van der Waals surface area contributed by atoms with Crippen molar-refractivity contribution >= 4 is 17.5 Å². The van der Waals surface area contributed by atoms with Gasteiger partial charge in [0.2, 0.25) is 0 Å². The number of hydrogen-bond acceptors (Lipinski definition) is 1. The topological polar surface area (TPSA) is 20.3 Å². The Labute approximate surface area is 131 Å². The predicted octanol–water partition coefficient (Wildman–Crippen LogP) is 4.50. The number of halogens is 1. The van der Waals surface area contributed by atoms with Crippen LogP contribution in [0.25, 0.3) is 0 Å². The Hall–Kier alpha value is -1.80. The fourth-order valence-corrected chi connectivity index (χ4v) is 2.62. The van der Waals surface area contributed by atoms with Crippen molar-refractivity contribution in [2.75, 3.05) is 13.1 Å². The molecule has 3 heteroatoms. The number of rotatable bonds is 5. The van der Waals surface area contributed by atoms with Gasteiger partial charge >= 0.3 is 0 Å². The Morgan fingerprint density at radius 3 is 2.24 bits per heavy atom. The summed E-state index contributed by atoms with van der Waals surface area (Å²) in [7, 11) is 0. The van der Waals surface area contributed by atoms with Crippen LogP contribution < -0.4 is 0 Å². The molecule has 1 amide bonds. The highest BCUT2D eigenvalue weighted by Gasteiger charge is 2.15. The first-order chi connectivity index (χ1) is 10.2. The van der Waals surface area contributed by atoms with Crippen molar-refractivity contribution in [2.24, 2.45) is 0 Å². The van der Waals surface area contributed by atoms with Crippen molar-refractivity contribution in [1.82, 2.24) is 4.90 Å². The van der Waals surface area contributed by atoms with Crippen molar-refractivity contribution in [3.05, 3.63) is 71.3 Å². The number of alkyl halides is 1. The zero-order chi connectivity index (χ0) is 15.2. The molecular formula is C18H20ClNO. The van der Waals surface area contributed by atoms with Crippen LogP contribution in [0.4, 0.5) is 0 Å². The minimum absolute atomic E-state index is 0.0544. The molecule has 0 bridgehead atoms. The molecule has 2 aromatic rings. The smallest absolute Gasteiger partial charge is 0.253 e. The molecule has 2 aromatic carbocycles. The first-order valence-electron chi connectivity index (χ1n) is 7.25. The summed E-state index contributed by atoms with van der Waals surface area (Å²) < 4.78 is 0. The van der Waals surface area contributed by atoms with E-state index in [4.69, 9.17) is 11.6 Å². The fourth-order valence-electron chi connectivity index (χ4n) is 2.34. The summed E-state index contributed by atoms with van der Waals surface area (Å²) in [5.41, 5.74) is 2.67. The van der Waals surface area contributed by atoms with Crippen LogP contribution in [0.5, 0.6) is 0 Å². The lowest BCUT2D eigenvalue weighted by Crippen LogP contribution is -2.30. The molecule has 0 saturated heterocycles. The van der Waals surface area contributed by atoms with Gasteiger partial charge in [-0.05, 0) is 37.1 Å². The second-order valence-electron chi connectivity index (χ2n) is 4.88. The van der Waals surface area contributed by atoms with Crippen molar-refractivity contribution in [3.8, 4) is 0 Å². The Balaban J connectivity index is 2.27. The molecule has 0 aliphatic heterocycles. The van der Waals surface area contributed by atoms with Gasteiger partial charge in [0, 0.05) is 18.7 Å². The average Bonchev–Trinajstić information content (AvgIpc) is 2.56. The van der Waals surface area contributed by atoms with E-state index >= 15 is 0 Å². The summed E-state index contributed by atoms with van der Waals surface area (Å²) in [5.74, 6) is 0.0544. The van der Waals surface area contributed by atoms with Gasteiger partial charge in [0.15, 0.2) is 0 Å². The minimum atomic E-state index is -0.240. The van der Waals surface area contributed by atoms with E-state index in [1.54, 1.807) is 0 Å². The molecule has 0 aromatic heterocycles. The molecule has 0 spiro atoms. The van der Waals surface area contributed by atoms with Gasteiger partial charge in [0.05, 0.1) is 5.38 Å². The Morgan fingerprint density at radius 2 is 1.62 bits per heavy atom. The molecular weight excluding hydrogens is 282 g/mol. The van der Waals surface area contributed by atoms with Crippen molar-refractivity contribution in [1.29, 1.82) is 0 Å². The van der Waals surface area contributed by atoms with Crippen LogP contribution in [0.15, 0.2) is 54.6 Å². The van der Waals surface area contributed by atoms with Gasteiger partial charge in [-0.25, -0.2) is 0 Å². The highest BCUT2D eigenvalue weighted by molar-refractivity contribution is 6.22. The summed E-state index contributed by atoms with van der Waals surface area (Å²) >= 11 is 6.53. The number of amides is 1. The Bertz CT molecular complexity index is 593. The zero-order valence-electron chi connectivity index (χ0n) is 12.4. The van der Waals surface area contributed by atoms with E-state index in [1.807, 2.05) is 73.3 Å². The van der Waals surface area contributed by atoms with E-state index < -0.39 is 0 Å². The van der Waals surface area contributed by atoms with E-state index in [0.29, 0.717) is 18.7 Å². The highest BCUT2D eigenvalue weighted by Crippen LogP contribution is 2.29. The number of carbonyl (C=O) groups excluding carboxylic acids is 1. The quantitative estimate of drug-likeness (QED) is 0.745. The van der Waals surface area contributed by atoms with Crippen LogP contribution >= 0.6 is 11.6 Å². The molecule has 1 unspecified atom stereocenters. The third kappa shape index (κ3) is 3.64. The first-order valence-corrected chi connectivity index (χ1v) is 7.69. The molecule has 2 nitrogen and oxygen atoms in total. The van der Waals surface area contributed by atoms with Crippen molar-refractivity contribution in [2.45, 2.75) is 19.2 Å². The van der Waals surface area contributed by atoms with Gasteiger partial charge in [-0.2, -0.15) is 0 Å². The lowest BCUT2D eigenvalue weighted by Gasteiger charge is -2.19. The molecule has 0 aliphatic rings. The van der Waals surface area contributed by atoms with E-state index in [2.05, 4.69) is 0 Å². The average molecular weight is 302 g/mol. The molecule has 0 saturated carbocycles. The molecule has 0 heterocycles. The second-order valence-corrected chi connectivity index (χ2v) is 5.31. The maximum atomic E-state index is 12.4. The summed E-state index contributed by atoms with van der Waals surface area (Å²) in [4.78, 5) is 14.2. The van der Waals surface area contributed by atoms with Gasteiger partial charge in [-0.3, -0.25) is 4.79 Å². The van der Waals surface area contributed by atoms with E-state index in [-0.39, 0.29) is 11.3 Å². The summed E-state index contributed by atoms with van der Waals surface area (Å²) in [5, 5.41) is -0.240. The SMILES string of the molecule is CCN(CC)C(=O)c1cccc(C(Cl)c2ccccc2)c1. The summed E-state index contributed by atoms with van der Waals surface area (Å²) in [6.45, 7) is 5.39. The van der Waals surface area contributed by atoms with Gasteiger partial charge < -0.3 is 4.90 Å². The third-order valence-electron chi connectivity index (χ3n) is 3.57. The maximum absolute atomic E-state index is 12.4. The predicted molar refractivity (Wildman–Crippen MR) is 87.8 cm³/mol. The van der Waals surface area contributed by atoms with Crippen LogP contribution in [0.1, 0.15) is 40.7 Å². The van der Waals surface area contributed by atoms with Crippen LogP contribution in [0, 0.1) is 0 Å². The molecule has 2 rings (SSSR count). The Morgan fingerprint density at radius 1 is 1.00 bits per heavy atom. The third-order valence-corrected chi connectivity index (χ3v) is 4.07. The lowest BCUT2D eigenvalue weighted by molar-refractivity contribution is 0.0773. The van der Waals surface area contributed by atoms with Crippen LogP contribution in [-0.2, 0) is 0 Å². The number of benzene rings is 2. The first kappa shape index (κ1) is 15.6. The summed E-state index contributed by atoms with van der Waals surface area (Å²) in [6.07, 6.45) is 0. The number of nitrogens with zero attached hydrogens (tertiary/aromatic N) is 1. The molecule has 0 aliphatic carbocycles. The summed E-state index contributed by atoms with van der Waals surface area (Å²) in [6, 6.07) is 17.5. The minimum Gasteiger partial charge on any atom is -0.339 e. The zero-order valence-corrected chi connectivity index (χ0v) is 13.2. The fraction of sp³-hybridized carbons (Fsp3) is 0.278. The highest BCUT2D eigenvalue weighted by atomic mass is 35.5. The molecule has 21 heavy (non-hydrogen) atoms. The van der Waals surface area contributed by atoms with E-state index in [9.17, 15) is 4.79 Å². The van der Waals surface area contributed by atoms with Crippen LogP contribution in [0.2, 0.25) is 0 Å². The Kier molecular flexibility index (Phi) is 5.40. The van der Waals surface area contributed by atoms with Gasteiger partial charge in [-0.1, -0.05) is 42.5 Å². The normalized spacial score (nSPS) is 12.0. The largest absolute Gasteiger partial charge is 0.339 e. The monoisotopic (exact) mass is 301 g/mol. The van der Waals surface area contributed by atoms with Gasteiger partial charge in [0.1, 0.15) is 0 Å². The standard InChI is InChI=1S/C18H20ClNO/c1-3-20(4-2)18(21)16-12-8-11-15(13-16)17(19)14-9-6-5-7-10-14/h5-13,17H,3-4H2,1-2H3. The molecule has 110 valence electrons. The van der Waals surface area contributed by atoms with Crippen LogP contribution in [0.3, 0.4) is 0 Å². The van der Waals surface area contributed by atoms with Crippen molar-refractivity contribution < 1.29 is 4.79 Å². The molecule has 1 atom stereocenters. The van der Waals surface area contributed by atoms with Gasteiger partial charge in [-0.15, -0.1) is 11.6 Å². The van der Waals surface area contributed by atoms with Crippen molar-refractivity contribution in [3.63, 3.8) is 0 Å². The van der Waals surface area contributed by atoms with E-state index in [0.717, 1.165) is 11.1 Å². The van der Waals surface area contributed by atoms with Gasteiger partial charge in [0.25, 0.3) is 5.91 Å². The molecule has 0 fully saturated rings.